The molecule has 31 heavy (non-hydrogen) atoms. The van der Waals surface area contributed by atoms with Crippen LogP contribution in [0.15, 0.2) is 65.2 Å². The zero-order valence-corrected chi connectivity index (χ0v) is 16.6. The van der Waals surface area contributed by atoms with Crippen LogP contribution in [-0.4, -0.2) is 49.1 Å². The number of halogens is 1. The third-order valence-electron chi connectivity index (χ3n) is 5.29. The van der Waals surface area contributed by atoms with Crippen LogP contribution in [0.3, 0.4) is 0 Å². The lowest BCUT2D eigenvalue weighted by Crippen LogP contribution is -2.39. The van der Waals surface area contributed by atoms with E-state index in [9.17, 15) is 9.18 Å². The molecule has 5 rings (SSSR count). The Morgan fingerprint density at radius 3 is 2.68 bits per heavy atom. The van der Waals surface area contributed by atoms with E-state index in [0.29, 0.717) is 36.1 Å². The van der Waals surface area contributed by atoms with Gasteiger partial charge in [0.25, 0.3) is 5.91 Å². The summed E-state index contributed by atoms with van der Waals surface area (Å²) in [5.74, 6) is 0.247. The number of benzene rings is 2. The molecule has 1 amide bonds. The van der Waals surface area contributed by atoms with Gasteiger partial charge in [-0.3, -0.25) is 4.79 Å². The minimum absolute atomic E-state index is 0.0661. The summed E-state index contributed by atoms with van der Waals surface area (Å²) in [5, 5.41) is 16.8. The maximum Gasteiger partial charge on any atom is 0.276 e. The van der Waals surface area contributed by atoms with E-state index < -0.39 is 0 Å². The van der Waals surface area contributed by atoms with Gasteiger partial charge >= 0.3 is 0 Å². The molecular formula is C22H19FN6O2. The van der Waals surface area contributed by atoms with Crippen molar-refractivity contribution in [2.24, 2.45) is 0 Å². The molecule has 0 radical (unpaired) electrons. The summed E-state index contributed by atoms with van der Waals surface area (Å²) in [6.07, 6.45) is 3.14. The average Bonchev–Trinajstić information content (AvgIpc) is 3.50. The van der Waals surface area contributed by atoms with Crippen LogP contribution in [0.4, 0.5) is 4.39 Å². The smallest absolute Gasteiger partial charge is 0.276 e. The summed E-state index contributed by atoms with van der Waals surface area (Å²) < 4.78 is 19.0. The van der Waals surface area contributed by atoms with Crippen LogP contribution in [0, 0.1) is 5.82 Å². The molecule has 0 aliphatic carbocycles. The van der Waals surface area contributed by atoms with Gasteiger partial charge in [0, 0.05) is 18.7 Å². The number of aromatic nitrogens is 5. The molecule has 1 saturated heterocycles. The zero-order chi connectivity index (χ0) is 21.2. The van der Waals surface area contributed by atoms with Gasteiger partial charge in [0.1, 0.15) is 5.82 Å². The van der Waals surface area contributed by atoms with E-state index in [1.54, 1.807) is 17.0 Å². The number of carbonyl (C=O) groups is 1. The van der Waals surface area contributed by atoms with Gasteiger partial charge in [-0.15, -0.1) is 15.3 Å². The van der Waals surface area contributed by atoms with Gasteiger partial charge in [0.2, 0.25) is 11.8 Å². The summed E-state index contributed by atoms with van der Waals surface area (Å²) in [6, 6.07) is 15.3. The molecule has 2 aromatic heterocycles. The van der Waals surface area contributed by atoms with E-state index in [1.807, 2.05) is 30.3 Å². The van der Waals surface area contributed by atoms with Crippen LogP contribution in [0.2, 0.25) is 0 Å². The Morgan fingerprint density at radius 1 is 1.06 bits per heavy atom. The molecule has 0 N–H and O–H groups in total. The zero-order valence-electron chi connectivity index (χ0n) is 16.6. The quantitative estimate of drug-likeness (QED) is 0.504. The number of hydrogen-bond acceptors (Lipinski definition) is 6. The van der Waals surface area contributed by atoms with Crippen molar-refractivity contribution in [3.05, 3.63) is 78.2 Å². The SMILES string of the molecule is O=C(c1cnn(-c2ccccc2)n1)N1CCCC(c2nnc(-c3ccc(F)cc3)o2)C1. The van der Waals surface area contributed by atoms with E-state index >= 15 is 0 Å². The van der Waals surface area contributed by atoms with Crippen molar-refractivity contribution in [3.63, 3.8) is 0 Å². The van der Waals surface area contributed by atoms with Gasteiger partial charge in [0.15, 0.2) is 5.69 Å². The van der Waals surface area contributed by atoms with Crippen LogP contribution in [0.5, 0.6) is 0 Å². The highest BCUT2D eigenvalue weighted by Crippen LogP contribution is 2.29. The first-order valence-corrected chi connectivity index (χ1v) is 10.0. The molecule has 1 fully saturated rings. The fourth-order valence-electron chi connectivity index (χ4n) is 3.68. The van der Waals surface area contributed by atoms with E-state index in [0.717, 1.165) is 18.5 Å². The first-order valence-electron chi connectivity index (χ1n) is 10.0. The fraction of sp³-hybridized carbons (Fsp3) is 0.227. The molecule has 2 aromatic carbocycles. The van der Waals surface area contributed by atoms with Gasteiger partial charge in [-0.05, 0) is 49.2 Å². The second-order valence-electron chi connectivity index (χ2n) is 7.40. The topological polar surface area (TPSA) is 89.9 Å². The molecule has 1 atom stereocenters. The molecule has 3 heterocycles. The summed E-state index contributed by atoms with van der Waals surface area (Å²) in [7, 11) is 0. The van der Waals surface area contributed by atoms with Gasteiger partial charge in [-0.2, -0.15) is 9.90 Å². The van der Waals surface area contributed by atoms with Crippen LogP contribution in [0.1, 0.15) is 35.1 Å². The standard InChI is InChI=1S/C22H19FN6O2/c23-17-10-8-15(9-11-17)20-25-26-21(31-20)16-5-4-12-28(14-16)22(30)19-13-24-29(27-19)18-6-2-1-3-7-18/h1-3,6-11,13,16H,4-5,12,14H2. The fourth-order valence-corrected chi connectivity index (χ4v) is 3.68. The normalized spacial score (nSPS) is 16.4. The molecule has 0 saturated carbocycles. The summed E-state index contributed by atoms with van der Waals surface area (Å²) in [6.45, 7) is 1.09. The number of nitrogens with zero attached hydrogens (tertiary/aromatic N) is 6. The molecule has 0 spiro atoms. The summed E-state index contributed by atoms with van der Waals surface area (Å²) in [5.41, 5.74) is 1.74. The van der Waals surface area contributed by atoms with Crippen molar-refractivity contribution >= 4 is 5.91 Å². The summed E-state index contributed by atoms with van der Waals surface area (Å²) >= 11 is 0. The Kier molecular flexibility index (Phi) is 4.99. The lowest BCUT2D eigenvalue weighted by molar-refractivity contribution is 0.0692. The average molecular weight is 418 g/mol. The molecule has 1 aliphatic rings. The third-order valence-corrected chi connectivity index (χ3v) is 5.29. The monoisotopic (exact) mass is 418 g/mol. The molecule has 156 valence electrons. The molecular weight excluding hydrogens is 399 g/mol. The molecule has 8 nitrogen and oxygen atoms in total. The second-order valence-corrected chi connectivity index (χ2v) is 7.40. The van der Waals surface area contributed by atoms with Crippen molar-refractivity contribution in [2.45, 2.75) is 18.8 Å². The minimum Gasteiger partial charge on any atom is -0.420 e. The van der Waals surface area contributed by atoms with Crippen molar-refractivity contribution in [3.8, 4) is 17.1 Å². The number of hydrogen-bond donors (Lipinski definition) is 0. The number of para-hydroxylation sites is 1. The predicted octanol–water partition coefficient (Wildman–Crippen LogP) is 3.48. The van der Waals surface area contributed by atoms with Crippen LogP contribution in [0.25, 0.3) is 17.1 Å². The maximum atomic E-state index is 13.1. The molecule has 9 heteroatoms. The molecule has 1 unspecified atom stereocenters. The Balaban J connectivity index is 1.30. The van der Waals surface area contributed by atoms with Crippen molar-refractivity contribution in [1.29, 1.82) is 0 Å². The van der Waals surface area contributed by atoms with Crippen LogP contribution >= 0.6 is 0 Å². The van der Waals surface area contributed by atoms with E-state index in [2.05, 4.69) is 20.4 Å². The molecule has 1 aliphatic heterocycles. The van der Waals surface area contributed by atoms with E-state index in [-0.39, 0.29) is 17.6 Å². The van der Waals surface area contributed by atoms with Crippen molar-refractivity contribution in [2.75, 3.05) is 13.1 Å². The summed E-state index contributed by atoms with van der Waals surface area (Å²) in [4.78, 5) is 16.2. The van der Waals surface area contributed by atoms with Gasteiger partial charge in [-0.1, -0.05) is 18.2 Å². The number of likely N-dealkylation sites (tertiary alicyclic amines) is 1. The first kappa shape index (κ1) is 19.1. The first-order chi connectivity index (χ1) is 15.2. The number of piperidine rings is 1. The predicted molar refractivity (Wildman–Crippen MR) is 109 cm³/mol. The highest BCUT2D eigenvalue weighted by molar-refractivity contribution is 5.92. The highest BCUT2D eigenvalue weighted by atomic mass is 19.1. The van der Waals surface area contributed by atoms with Gasteiger partial charge in [-0.25, -0.2) is 4.39 Å². The Morgan fingerprint density at radius 2 is 1.87 bits per heavy atom. The third kappa shape index (κ3) is 3.94. The van der Waals surface area contributed by atoms with Crippen LogP contribution < -0.4 is 0 Å². The van der Waals surface area contributed by atoms with Crippen LogP contribution in [-0.2, 0) is 0 Å². The number of carbonyl (C=O) groups excluding carboxylic acids is 1. The van der Waals surface area contributed by atoms with Gasteiger partial charge < -0.3 is 9.32 Å². The lowest BCUT2D eigenvalue weighted by atomic mass is 9.98. The highest BCUT2D eigenvalue weighted by Gasteiger charge is 2.30. The molecule has 0 bridgehead atoms. The minimum atomic E-state index is -0.325. The molecule has 4 aromatic rings. The number of rotatable bonds is 4. The van der Waals surface area contributed by atoms with Crippen molar-refractivity contribution < 1.29 is 13.6 Å². The lowest BCUT2D eigenvalue weighted by Gasteiger charge is -2.30. The Labute approximate surface area is 177 Å². The Hall–Kier alpha value is -3.88. The van der Waals surface area contributed by atoms with Gasteiger partial charge in [0.05, 0.1) is 17.8 Å². The Bertz CT molecular complexity index is 1190. The second kappa shape index (κ2) is 8.10. The van der Waals surface area contributed by atoms with Crippen molar-refractivity contribution in [1.82, 2.24) is 30.1 Å². The number of amides is 1. The maximum absolute atomic E-state index is 13.1. The van der Waals surface area contributed by atoms with E-state index in [1.165, 1.54) is 23.1 Å². The largest absolute Gasteiger partial charge is 0.420 e. The van der Waals surface area contributed by atoms with E-state index in [4.69, 9.17) is 4.42 Å².